The maximum atomic E-state index is 9.10. The standard InChI is InChI=1S/C2H2O4.Na.H4Si.H/c3-1(4)2(5)6;;;/h(H,3,4)(H,5,6);;1H4;. The summed E-state index contributed by atoms with van der Waals surface area (Å²) in [5.74, 6) is -3.65. The number of hydrogen-bond donors (Lipinski definition) is 2. The van der Waals surface area contributed by atoms with Crippen molar-refractivity contribution in [1.29, 1.82) is 0 Å². The van der Waals surface area contributed by atoms with E-state index in [1.54, 1.807) is 0 Å². The van der Waals surface area contributed by atoms with E-state index in [0.29, 0.717) is 0 Å². The molecule has 0 spiro atoms. The van der Waals surface area contributed by atoms with Gasteiger partial charge >= 0.3 is 41.5 Å². The van der Waals surface area contributed by atoms with Gasteiger partial charge in [-0.1, -0.05) is 0 Å². The summed E-state index contributed by atoms with van der Waals surface area (Å²) >= 11 is 0. The van der Waals surface area contributed by atoms with Gasteiger partial charge in [0.1, 0.15) is 0 Å². The van der Waals surface area contributed by atoms with Crippen molar-refractivity contribution in [2.45, 2.75) is 0 Å². The van der Waals surface area contributed by atoms with E-state index in [4.69, 9.17) is 19.8 Å². The van der Waals surface area contributed by atoms with E-state index >= 15 is 0 Å². The fourth-order valence-corrected chi connectivity index (χ4v) is 0. The van der Waals surface area contributed by atoms with Gasteiger partial charge in [0.15, 0.2) is 0 Å². The van der Waals surface area contributed by atoms with Gasteiger partial charge in [0.05, 0.1) is 0 Å². The summed E-state index contributed by atoms with van der Waals surface area (Å²) in [4.78, 5) is 18.2. The van der Waals surface area contributed by atoms with Gasteiger partial charge in [0.25, 0.3) is 0 Å². The van der Waals surface area contributed by atoms with Crippen LogP contribution in [0.3, 0.4) is 0 Å². The number of rotatable bonds is 0. The molecular weight excluding hydrogens is 139 g/mol. The molecule has 0 aromatic carbocycles. The van der Waals surface area contributed by atoms with Gasteiger partial charge in [-0.3, -0.25) is 0 Å². The van der Waals surface area contributed by atoms with Crippen LogP contribution in [0, 0.1) is 0 Å². The van der Waals surface area contributed by atoms with Crippen molar-refractivity contribution < 1.29 is 19.8 Å². The minimum absolute atomic E-state index is 0. The van der Waals surface area contributed by atoms with E-state index in [2.05, 4.69) is 0 Å². The fourth-order valence-electron chi connectivity index (χ4n) is 0. The van der Waals surface area contributed by atoms with Gasteiger partial charge < -0.3 is 10.2 Å². The normalized spacial score (nSPS) is 5.50. The van der Waals surface area contributed by atoms with E-state index in [0.717, 1.165) is 0 Å². The quantitative estimate of drug-likeness (QED) is 0.283. The van der Waals surface area contributed by atoms with Crippen LogP contribution in [-0.2, 0) is 9.59 Å². The topological polar surface area (TPSA) is 74.6 Å². The van der Waals surface area contributed by atoms with Crippen LogP contribution in [0.2, 0.25) is 0 Å². The maximum absolute atomic E-state index is 9.10. The molecule has 0 radical (unpaired) electrons. The molecule has 8 heavy (non-hydrogen) atoms. The van der Waals surface area contributed by atoms with Crippen LogP contribution >= 0.6 is 0 Å². The van der Waals surface area contributed by atoms with Crippen LogP contribution in [0.5, 0.6) is 0 Å². The van der Waals surface area contributed by atoms with E-state index < -0.39 is 11.9 Å². The molecule has 0 aliphatic carbocycles. The molecule has 0 aliphatic rings. The summed E-state index contributed by atoms with van der Waals surface area (Å²) in [6.45, 7) is 0. The predicted octanol–water partition coefficient (Wildman–Crippen LogP) is -2.94. The Labute approximate surface area is 72.2 Å². The molecule has 0 unspecified atom stereocenters. The minimum Gasteiger partial charge on any atom is -0.0149 e. The van der Waals surface area contributed by atoms with Crippen molar-refractivity contribution in [2.75, 3.05) is 0 Å². The summed E-state index contributed by atoms with van der Waals surface area (Å²) in [5.41, 5.74) is 0. The van der Waals surface area contributed by atoms with Gasteiger partial charge in [-0.05, 0) is 11.0 Å². The monoisotopic (exact) mass is 146 g/mol. The molecule has 0 fully saturated rings. The van der Waals surface area contributed by atoms with Crippen LogP contribution in [0.25, 0.3) is 0 Å². The zero-order chi connectivity index (χ0) is 5.15. The molecule has 0 heterocycles. The van der Waals surface area contributed by atoms with E-state index in [1.165, 1.54) is 0 Å². The Kier molecular flexibility index (Phi) is 14.1. The first-order valence-electron chi connectivity index (χ1n) is 1.11. The SMILES string of the molecule is O=C(O)C(=O)O.[NaH].[SiH4]. The minimum atomic E-state index is -1.82. The summed E-state index contributed by atoms with van der Waals surface area (Å²) in [6.07, 6.45) is 0. The molecule has 44 valence electrons. The third-order valence-electron chi connectivity index (χ3n) is 0.183. The van der Waals surface area contributed by atoms with Crippen LogP contribution < -0.4 is 0 Å². The van der Waals surface area contributed by atoms with Crippen molar-refractivity contribution in [1.82, 2.24) is 0 Å². The smallest absolute Gasteiger partial charge is 0.0149 e. The van der Waals surface area contributed by atoms with Crippen LogP contribution in [0.15, 0.2) is 0 Å². The Balaban J connectivity index is -0.000000125. The van der Waals surface area contributed by atoms with Gasteiger partial charge in [-0.2, -0.15) is 0 Å². The maximum Gasteiger partial charge on any atom is -0.0149 e. The molecule has 0 rings (SSSR count). The average molecular weight is 146 g/mol. The first-order valence-corrected chi connectivity index (χ1v) is 1.11. The number of carboxylic acid groups (broad SMARTS) is 2. The summed E-state index contributed by atoms with van der Waals surface area (Å²) in [6, 6.07) is 0. The predicted molar refractivity (Wildman–Crippen MR) is 33.8 cm³/mol. The molecule has 0 aliphatic heterocycles. The summed E-state index contributed by atoms with van der Waals surface area (Å²) in [5, 5.41) is 14.8. The van der Waals surface area contributed by atoms with Gasteiger partial charge in [-0.15, -0.1) is 0 Å². The van der Waals surface area contributed by atoms with Gasteiger partial charge in [0, 0.05) is 0 Å². The molecule has 6 heteroatoms. The Hall–Kier alpha value is 0.157. The zero-order valence-corrected chi connectivity index (χ0v) is 2.71. The largest absolute Gasteiger partial charge is 0.0149 e. The van der Waals surface area contributed by atoms with E-state index in [9.17, 15) is 0 Å². The zero-order valence-electron chi connectivity index (χ0n) is 2.71. The number of carbonyl (C=O) groups is 2. The number of hydrogen-bond acceptors (Lipinski definition) is 2. The third-order valence-corrected chi connectivity index (χ3v) is 0.183. The number of aliphatic carboxylic acids is 2. The molecular formula is C2H7NaO4Si. The summed E-state index contributed by atoms with van der Waals surface area (Å²) in [7, 11) is 0. The molecule has 0 bridgehead atoms. The second-order valence-corrected chi connectivity index (χ2v) is 0.610. The Bertz CT molecular complexity index is 80.0. The fraction of sp³-hybridized carbons (Fsp3) is 0. The van der Waals surface area contributed by atoms with Crippen molar-refractivity contribution in [3.63, 3.8) is 0 Å². The molecule has 0 saturated carbocycles. The molecule has 0 aromatic heterocycles. The van der Waals surface area contributed by atoms with Gasteiger partial charge in [0.2, 0.25) is 0 Å². The van der Waals surface area contributed by atoms with E-state index in [1.807, 2.05) is 0 Å². The van der Waals surface area contributed by atoms with Crippen molar-refractivity contribution in [2.24, 2.45) is 0 Å². The third kappa shape index (κ3) is 9.48. The molecule has 2 N–H and O–H groups in total. The molecule has 0 amide bonds. The van der Waals surface area contributed by atoms with Crippen LogP contribution in [0.4, 0.5) is 0 Å². The Morgan fingerprint density at radius 1 is 1.00 bits per heavy atom. The molecule has 0 aromatic rings. The second kappa shape index (κ2) is 7.16. The Morgan fingerprint density at radius 2 is 1.12 bits per heavy atom. The molecule has 4 nitrogen and oxygen atoms in total. The molecule has 0 saturated heterocycles. The van der Waals surface area contributed by atoms with Crippen molar-refractivity contribution >= 4 is 52.5 Å². The van der Waals surface area contributed by atoms with E-state index in [-0.39, 0.29) is 40.5 Å². The van der Waals surface area contributed by atoms with Crippen LogP contribution in [-0.4, -0.2) is 62.7 Å². The first-order chi connectivity index (χ1) is 2.64. The second-order valence-electron chi connectivity index (χ2n) is 0.610. The van der Waals surface area contributed by atoms with Crippen LogP contribution in [0.1, 0.15) is 0 Å². The average Bonchev–Trinajstić information content (AvgIpc) is 1.36. The number of carboxylic acids is 2. The summed E-state index contributed by atoms with van der Waals surface area (Å²) < 4.78 is 0. The first kappa shape index (κ1) is 15.7. The van der Waals surface area contributed by atoms with Crippen molar-refractivity contribution in [3.05, 3.63) is 0 Å². The Morgan fingerprint density at radius 3 is 1.12 bits per heavy atom. The molecule has 0 atom stereocenters. The van der Waals surface area contributed by atoms with Crippen molar-refractivity contribution in [3.8, 4) is 0 Å². The van der Waals surface area contributed by atoms with Gasteiger partial charge in [-0.25, -0.2) is 9.59 Å².